The summed E-state index contributed by atoms with van der Waals surface area (Å²) in [7, 11) is 0. The van der Waals surface area contributed by atoms with Gasteiger partial charge in [0, 0.05) is 35.8 Å². The molecule has 0 radical (unpaired) electrons. The van der Waals surface area contributed by atoms with Crippen LogP contribution in [0.15, 0.2) is 72.2 Å². The number of rotatable bonds is 5. The number of ether oxygens (including phenoxy) is 1. The number of nitrogens with zero attached hydrogens (tertiary/aromatic N) is 3. The monoisotopic (exact) mass is 447 g/mol. The Morgan fingerprint density at radius 1 is 1.12 bits per heavy atom. The fourth-order valence-electron chi connectivity index (χ4n) is 4.72. The van der Waals surface area contributed by atoms with Gasteiger partial charge in [-0.05, 0) is 29.1 Å². The highest BCUT2D eigenvalue weighted by molar-refractivity contribution is 7.09. The van der Waals surface area contributed by atoms with Crippen LogP contribution in [0.25, 0.3) is 0 Å². The molecule has 0 saturated carbocycles. The number of pyridine rings is 1. The lowest BCUT2D eigenvalue weighted by molar-refractivity contribution is -0.167. The Labute approximate surface area is 191 Å². The Bertz CT molecular complexity index is 1070. The molecule has 2 aliphatic heterocycles. The minimum absolute atomic E-state index is 0.0253. The van der Waals surface area contributed by atoms with E-state index in [-0.39, 0.29) is 30.7 Å². The first kappa shape index (κ1) is 20.8. The Morgan fingerprint density at radius 3 is 2.72 bits per heavy atom. The minimum atomic E-state index is -1.06. The Kier molecular flexibility index (Phi) is 5.76. The molecule has 0 aliphatic carbocycles. The van der Waals surface area contributed by atoms with Gasteiger partial charge in [0.1, 0.15) is 0 Å². The number of thiophene rings is 1. The van der Waals surface area contributed by atoms with E-state index in [9.17, 15) is 9.59 Å². The second-order valence-corrected chi connectivity index (χ2v) is 9.31. The molecule has 4 heterocycles. The van der Waals surface area contributed by atoms with Crippen molar-refractivity contribution in [1.29, 1.82) is 0 Å². The first-order valence-electron chi connectivity index (χ1n) is 10.8. The number of morpholine rings is 1. The molecule has 0 bridgehead atoms. The van der Waals surface area contributed by atoms with Gasteiger partial charge >= 0.3 is 0 Å². The van der Waals surface area contributed by atoms with Crippen molar-refractivity contribution in [3.05, 3.63) is 88.4 Å². The Balaban J connectivity index is 1.43. The van der Waals surface area contributed by atoms with Gasteiger partial charge in [-0.1, -0.05) is 42.5 Å². The summed E-state index contributed by atoms with van der Waals surface area (Å²) in [6, 6.07) is 19.7. The molecule has 32 heavy (non-hydrogen) atoms. The molecule has 2 fully saturated rings. The van der Waals surface area contributed by atoms with Gasteiger partial charge in [0.15, 0.2) is 5.60 Å². The molecule has 0 N–H and O–H groups in total. The van der Waals surface area contributed by atoms with Crippen molar-refractivity contribution < 1.29 is 14.3 Å². The highest BCUT2D eigenvalue weighted by Gasteiger charge is 2.58. The number of hydrogen-bond acceptors (Lipinski definition) is 5. The van der Waals surface area contributed by atoms with E-state index < -0.39 is 5.60 Å². The van der Waals surface area contributed by atoms with Crippen LogP contribution in [0.5, 0.6) is 0 Å². The summed E-state index contributed by atoms with van der Waals surface area (Å²) in [5, 5.41) is 2.02. The molecule has 0 unspecified atom stereocenters. The van der Waals surface area contributed by atoms with Crippen molar-refractivity contribution in [2.45, 2.75) is 24.5 Å². The van der Waals surface area contributed by atoms with Crippen molar-refractivity contribution >= 4 is 23.2 Å². The van der Waals surface area contributed by atoms with Crippen molar-refractivity contribution in [3.63, 3.8) is 0 Å². The van der Waals surface area contributed by atoms with Gasteiger partial charge in [0.25, 0.3) is 5.91 Å². The van der Waals surface area contributed by atoms with Crippen LogP contribution in [0.2, 0.25) is 0 Å². The van der Waals surface area contributed by atoms with E-state index in [1.807, 2.05) is 70.9 Å². The summed E-state index contributed by atoms with van der Waals surface area (Å²) in [5.41, 5.74) is 0.736. The molecular weight excluding hydrogens is 422 g/mol. The molecule has 2 atom stereocenters. The maximum Gasteiger partial charge on any atom is 0.257 e. The molecule has 1 aromatic carbocycles. The second-order valence-electron chi connectivity index (χ2n) is 8.28. The SMILES string of the molecule is O=C(Cc1ccccn1)N1CCO[C@]2(C1)C(=O)N(Cc1cccs1)C[C@H]2c1ccccc1. The van der Waals surface area contributed by atoms with E-state index in [1.165, 1.54) is 0 Å². The molecule has 2 aliphatic rings. The summed E-state index contributed by atoms with van der Waals surface area (Å²) in [6.45, 7) is 2.22. The number of likely N-dealkylation sites (tertiary alicyclic amines) is 1. The number of benzene rings is 1. The van der Waals surface area contributed by atoms with Crippen molar-refractivity contribution in [2.24, 2.45) is 0 Å². The summed E-state index contributed by atoms with van der Waals surface area (Å²) in [6.07, 6.45) is 1.91. The first-order chi connectivity index (χ1) is 15.7. The van der Waals surface area contributed by atoms with Crippen LogP contribution in [0, 0.1) is 0 Å². The summed E-state index contributed by atoms with van der Waals surface area (Å²) in [5.74, 6) is -0.195. The molecule has 6 nitrogen and oxygen atoms in total. The maximum absolute atomic E-state index is 13.8. The van der Waals surface area contributed by atoms with Crippen LogP contribution in [0.1, 0.15) is 22.1 Å². The topological polar surface area (TPSA) is 62.7 Å². The predicted molar refractivity (Wildman–Crippen MR) is 122 cm³/mol. The van der Waals surface area contributed by atoms with Gasteiger partial charge in [-0.3, -0.25) is 14.6 Å². The molecule has 2 saturated heterocycles. The van der Waals surface area contributed by atoms with Gasteiger partial charge in [-0.2, -0.15) is 0 Å². The Morgan fingerprint density at radius 2 is 1.97 bits per heavy atom. The zero-order chi connectivity index (χ0) is 22.0. The fraction of sp³-hybridized carbons (Fsp3) is 0.320. The zero-order valence-corrected chi connectivity index (χ0v) is 18.5. The highest BCUT2D eigenvalue weighted by Crippen LogP contribution is 2.42. The average molecular weight is 448 g/mol. The van der Waals surface area contributed by atoms with Crippen LogP contribution in [0.4, 0.5) is 0 Å². The second kappa shape index (κ2) is 8.84. The van der Waals surface area contributed by atoms with E-state index in [0.717, 1.165) is 16.1 Å². The molecule has 3 aromatic rings. The largest absolute Gasteiger partial charge is 0.361 e. The van der Waals surface area contributed by atoms with E-state index in [0.29, 0.717) is 26.2 Å². The molecule has 2 amide bonds. The molecular formula is C25H25N3O3S. The van der Waals surface area contributed by atoms with Crippen LogP contribution < -0.4 is 0 Å². The number of carbonyl (C=O) groups is 2. The quantitative estimate of drug-likeness (QED) is 0.603. The molecule has 1 spiro atoms. The average Bonchev–Trinajstić information content (AvgIpc) is 3.43. The first-order valence-corrected chi connectivity index (χ1v) is 11.7. The number of hydrogen-bond donors (Lipinski definition) is 0. The van der Waals surface area contributed by atoms with E-state index in [4.69, 9.17) is 4.74 Å². The van der Waals surface area contributed by atoms with Gasteiger partial charge in [-0.15, -0.1) is 11.3 Å². The summed E-state index contributed by atoms with van der Waals surface area (Å²) >= 11 is 1.64. The third kappa shape index (κ3) is 3.94. The summed E-state index contributed by atoms with van der Waals surface area (Å²) in [4.78, 5) is 36.0. The smallest absolute Gasteiger partial charge is 0.257 e. The number of amides is 2. The molecule has 164 valence electrons. The van der Waals surface area contributed by atoms with Crippen molar-refractivity contribution in [3.8, 4) is 0 Å². The lowest BCUT2D eigenvalue weighted by atomic mass is 9.83. The molecule has 5 rings (SSSR count). The third-order valence-corrected chi connectivity index (χ3v) is 7.16. The van der Waals surface area contributed by atoms with Gasteiger partial charge < -0.3 is 14.5 Å². The van der Waals surface area contributed by atoms with Crippen LogP contribution >= 0.6 is 11.3 Å². The predicted octanol–water partition coefficient (Wildman–Crippen LogP) is 3.11. The zero-order valence-electron chi connectivity index (χ0n) is 17.7. The van der Waals surface area contributed by atoms with Gasteiger partial charge in [0.2, 0.25) is 5.91 Å². The van der Waals surface area contributed by atoms with Gasteiger partial charge in [0.05, 0.1) is 26.1 Å². The van der Waals surface area contributed by atoms with Crippen LogP contribution in [0.3, 0.4) is 0 Å². The number of aromatic nitrogens is 1. The van der Waals surface area contributed by atoms with Crippen LogP contribution in [-0.4, -0.2) is 58.4 Å². The van der Waals surface area contributed by atoms with Crippen LogP contribution in [-0.2, 0) is 27.3 Å². The standard InChI is InChI=1S/C25H25N3O3S/c29-23(15-20-9-4-5-11-26-20)27-12-13-31-25(18-27)22(19-7-2-1-3-8-19)17-28(24(25)30)16-21-10-6-14-32-21/h1-11,14,22H,12-13,15-18H2/t22-,25-/m0/s1. The van der Waals surface area contributed by atoms with Crippen molar-refractivity contribution in [1.82, 2.24) is 14.8 Å². The lowest BCUT2D eigenvalue weighted by Crippen LogP contribution is -2.59. The highest BCUT2D eigenvalue weighted by atomic mass is 32.1. The van der Waals surface area contributed by atoms with E-state index >= 15 is 0 Å². The van der Waals surface area contributed by atoms with Gasteiger partial charge in [-0.25, -0.2) is 0 Å². The Hall–Kier alpha value is -3.03. The summed E-state index contributed by atoms with van der Waals surface area (Å²) < 4.78 is 6.29. The van der Waals surface area contributed by atoms with E-state index in [1.54, 1.807) is 22.4 Å². The third-order valence-electron chi connectivity index (χ3n) is 6.30. The van der Waals surface area contributed by atoms with Crippen molar-refractivity contribution in [2.75, 3.05) is 26.2 Å². The van der Waals surface area contributed by atoms with E-state index in [2.05, 4.69) is 4.98 Å². The maximum atomic E-state index is 13.8. The normalized spacial score (nSPS) is 23.1. The number of carbonyl (C=O) groups excluding carboxylic acids is 2. The molecule has 7 heteroatoms. The lowest BCUT2D eigenvalue weighted by Gasteiger charge is -2.42. The fourth-order valence-corrected chi connectivity index (χ4v) is 5.44. The minimum Gasteiger partial charge on any atom is -0.361 e. The molecule has 2 aromatic heterocycles.